The van der Waals surface area contributed by atoms with Gasteiger partial charge in [-0.25, -0.2) is 0 Å². The third kappa shape index (κ3) is 5.82. The first-order valence-corrected chi connectivity index (χ1v) is 4.91. The molecule has 0 bridgehead atoms. The van der Waals surface area contributed by atoms with E-state index in [0.717, 1.165) is 6.07 Å². The predicted molar refractivity (Wildman–Crippen MR) is 56.0 cm³/mol. The Bertz CT molecular complexity index is 375. The van der Waals surface area contributed by atoms with Gasteiger partial charge in [-0.1, -0.05) is 34.8 Å². The molecule has 0 heterocycles. The van der Waals surface area contributed by atoms with E-state index in [-0.39, 0.29) is 72.2 Å². The van der Waals surface area contributed by atoms with Gasteiger partial charge in [0.05, 0.1) is 21.6 Å². The molecule has 0 atom stereocenters. The first-order chi connectivity index (χ1) is 6.79. The largest absolute Gasteiger partial charge is 1.00 e. The van der Waals surface area contributed by atoms with Gasteiger partial charge in [-0.15, -0.1) is 0 Å². The SMILES string of the molecule is F[B-](F)(F)COc1cc(Cl)c(Cl)cc1Cl.[K+]. The smallest absolute Gasteiger partial charge is 0.520 e. The Balaban J connectivity index is 0.00000225. The van der Waals surface area contributed by atoms with Crippen LogP contribution in [-0.4, -0.2) is 13.5 Å². The topological polar surface area (TPSA) is 9.23 Å². The molecule has 84 valence electrons. The van der Waals surface area contributed by atoms with Crippen LogP contribution in [0.3, 0.4) is 0 Å². The van der Waals surface area contributed by atoms with Gasteiger partial charge in [-0.05, 0) is 6.07 Å². The molecule has 1 nitrogen and oxygen atoms in total. The molecule has 0 N–H and O–H groups in total. The standard InChI is InChI=1S/C7H4BCl3F3O.K/c9-4-1-6(11)7(2-5(4)10)15-3-8(12,13)14;/h1-2H,3H2;/q-1;+1. The summed E-state index contributed by atoms with van der Waals surface area (Å²) >= 11 is 16.8. The fraction of sp³-hybridized carbons (Fsp3) is 0.143. The minimum atomic E-state index is -5.02. The van der Waals surface area contributed by atoms with Crippen molar-refractivity contribution in [3.8, 4) is 5.75 Å². The van der Waals surface area contributed by atoms with Crippen molar-refractivity contribution in [1.29, 1.82) is 0 Å². The number of hydrogen-bond acceptors (Lipinski definition) is 1. The second-order valence-electron chi connectivity index (χ2n) is 2.72. The van der Waals surface area contributed by atoms with E-state index in [1.165, 1.54) is 6.07 Å². The molecule has 0 aliphatic heterocycles. The fourth-order valence-corrected chi connectivity index (χ4v) is 1.39. The van der Waals surface area contributed by atoms with E-state index in [2.05, 4.69) is 4.74 Å². The Morgan fingerprint density at radius 3 is 2.00 bits per heavy atom. The summed E-state index contributed by atoms with van der Waals surface area (Å²) in [6.07, 6.45) is 0. The molecule has 1 aromatic rings. The molecule has 0 aliphatic carbocycles. The molecule has 0 fully saturated rings. The van der Waals surface area contributed by atoms with Gasteiger partial charge in [0.2, 0.25) is 0 Å². The molecule has 0 saturated heterocycles. The van der Waals surface area contributed by atoms with Gasteiger partial charge < -0.3 is 17.7 Å². The van der Waals surface area contributed by atoms with Crippen LogP contribution in [0.25, 0.3) is 0 Å². The van der Waals surface area contributed by atoms with Gasteiger partial charge in [-0.3, -0.25) is 0 Å². The van der Waals surface area contributed by atoms with Crippen LogP contribution in [0, 0.1) is 0 Å². The molecule has 0 saturated carbocycles. The second kappa shape index (κ2) is 7.09. The molecule has 0 amide bonds. The first-order valence-electron chi connectivity index (χ1n) is 3.78. The van der Waals surface area contributed by atoms with Crippen molar-refractivity contribution in [2.45, 2.75) is 0 Å². The quantitative estimate of drug-likeness (QED) is 0.605. The molecule has 0 radical (unpaired) electrons. The third-order valence-electron chi connectivity index (χ3n) is 1.40. The molecule has 0 spiro atoms. The molecule has 16 heavy (non-hydrogen) atoms. The summed E-state index contributed by atoms with van der Waals surface area (Å²) in [6, 6.07) is 2.37. The van der Waals surface area contributed by atoms with Gasteiger partial charge >= 0.3 is 58.4 Å². The van der Waals surface area contributed by atoms with Crippen molar-refractivity contribution >= 4 is 41.8 Å². The predicted octanol–water partition coefficient (Wildman–Crippen LogP) is 1.42. The van der Waals surface area contributed by atoms with E-state index in [1.54, 1.807) is 0 Å². The van der Waals surface area contributed by atoms with Crippen molar-refractivity contribution in [2.24, 2.45) is 0 Å². The summed E-state index contributed by atoms with van der Waals surface area (Å²) in [6.45, 7) is -6.38. The van der Waals surface area contributed by atoms with Gasteiger partial charge in [0.1, 0.15) is 5.75 Å². The van der Waals surface area contributed by atoms with Gasteiger partial charge in [-0.2, -0.15) is 0 Å². The van der Waals surface area contributed by atoms with Crippen molar-refractivity contribution in [1.82, 2.24) is 0 Å². The fourth-order valence-electron chi connectivity index (χ4n) is 0.799. The Labute approximate surface area is 148 Å². The van der Waals surface area contributed by atoms with Crippen molar-refractivity contribution < 1.29 is 69.1 Å². The normalized spacial score (nSPS) is 10.9. The summed E-state index contributed by atoms with van der Waals surface area (Å²) in [5.74, 6) is -0.134. The van der Waals surface area contributed by atoms with Gasteiger partial charge in [0, 0.05) is 6.07 Å². The second-order valence-corrected chi connectivity index (χ2v) is 3.94. The van der Waals surface area contributed by atoms with Crippen molar-refractivity contribution in [3.63, 3.8) is 0 Å². The first kappa shape index (κ1) is 17.4. The Hall–Kier alpha value is 1.38. The summed E-state index contributed by atoms with van der Waals surface area (Å²) in [4.78, 5) is 0. The summed E-state index contributed by atoms with van der Waals surface area (Å²) < 4.78 is 40.1. The van der Waals surface area contributed by atoms with Crippen LogP contribution in [0.2, 0.25) is 15.1 Å². The van der Waals surface area contributed by atoms with E-state index in [4.69, 9.17) is 34.8 Å². The summed E-state index contributed by atoms with van der Waals surface area (Å²) in [7, 11) is 0. The Morgan fingerprint density at radius 2 is 1.50 bits per heavy atom. The van der Waals surface area contributed by atoms with Crippen LogP contribution in [0.1, 0.15) is 0 Å². The van der Waals surface area contributed by atoms with Crippen molar-refractivity contribution in [3.05, 3.63) is 27.2 Å². The molecule has 0 unspecified atom stereocenters. The zero-order valence-electron chi connectivity index (χ0n) is 8.12. The van der Waals surface area contributed by atoms with E-state index in [9.17, 15) is 12.9 Å². The molecular weight excluding hydrogens is 313 g/mol. The van der Waals surface area contributed by atoms with Crippen LogP contribution in [-0.2, 0) is 0 Å². The maximum Gasteiger partial charge on any atom is 1.00 e. The van der Waals surface area contributed by atoms with E-state index >= 15 is 0 Å². The number of benzene rings is 1. The molecule has 0 aliphatic rings. The van der Waals surface area contributed by atoms with E-state index in [1.807, 2.05) is 0 Å². The Morgan fingerprint density at radius 1 is 1.00 bits per heavy atom. The van der Waals surface area contributed by atoms with Crippen LogP contribution >= 0.6 is 34.8 Å². The minimum absolute atomic E-state index is 0. The number of hydrogen-bond donors (Lipinski definition) is 0. The van der Waals surface area contributed by atoms with E-state index < -0.39 is 13.5 Å². The molecule has 1 rings (SSSR count). The minimum Gasteiger partial charge on any atom is -0.520 e. The average molecular weight is 317 g/mol. The third-order valence-corrected chi connectivity index (χ3v) is 2.42. The number of halogens is 6. The zero-order chi connectivity index (χ0) is 11.6. The number of ether oxygens (including phenoxy) is 1. The number of rotatable bonds is 3. The van der Waals surface area contributed by atoms with Gasteiger partial charge in [0.15, 0.2) is 0 Å². The Kier molecular flexibility index (Phi) is 7.70. The maximum atomic E-state index is 11.9. The molecule has 1 aromatic carbocycles. The monoisotopic (exact) mass is 316 g/mol. The molecular formula is C7H4BCl3F3KO. The maximum absolute atomic E-state index is 11.9. The van der Waals surface area contributed by atoms with Gasteiger partial charge in [0.25, 0.3) is 0 Å². The van der Waals surface area contributed by atoms with Crippen molar-refractivity contribution in [2.75, 3.05) is 6.51 Å². The van der Waals surface area contributed by atoms with Crippen LogP contribution in [0.5, 0.6) is 5.75 Å². The molecule has 9 heteroatoms. The van der Waals surface area contributed by atoms with E-state index in [0.29, 0.717) is 0 Å². The van der Waals surface area contributed by atoms with Crippen LogP contribution < -0.4 is 56.1 Å². The summed E-state index contributed by atoms with van der Waals surface area (Å²) in [5, 5.41) is 0.238. The van der Waals surface area contributed by atoms with Crippen LogP contribution in [0.15, 0.2) is 12.1 Å². The van der Waals surface area contributed by atoms with Crippen LogP contribution in [0.4, 0.5) is 12.9 Å². The zero-order valence-corrected chi connectivity index (χ0v) is 13.5. The molecule has 0 aromatic heterocycles. The average Bonchev–Trinajstić information content (AvgIpc) is 2.07. The summed E-state index contributed by atoms with van der Waals surface area (Å²) in [5.41, 5.74) is 0.